The predicted octanol–water partition coefficient (Wildman–Crippen LogP) is 2.44. The molecule has 0 bridgehead atoms. The van der Waals surface area contributed by atoms with Crippen molar-refractivity contribution in [1.82, 2.24) is 4.31 Å². The van der Waals surface area contributed by atoms with Gasteiger partial charge in [0.15, 0.2) is 0 Å². The second kappa shape index (κ2) is 7.15. The molecule has 0 aliphatic carbocycles. The number of thiocarbonyl (C=S) groups is 1. The number of hydrogen-bond donors (Lipinski definition) is 1. The van der Waals surface area contributed by atoms with Crippen molar-refractivity contribution in [2.24, 2.45) is 5.73 Å². The first kappa shape index (κ1) is 17.1. The molecule has 0 spiro atoms. The van der Waals surface area contributed by atoms with E-state index in [1.54, 1.807) is 18.2 Å². The topological polar surface area (TPSA) is 63.4 Å². The molecular formula is C14H22N2O2S2. The Morgan fingerprint density at radius 1 is 1.35 bits per heavy atom. The van der Waals surface area contributed by atoms with Crippen LogP contribution in [-0.4, -0.2) is 30.8 Å². The van der Waals surface area contributed by atoms with Crippen molar-refractivity contribution >= 4 is 27.2 Å². The van der Waals surface area contributed by atoms with Gasteiger partial charge in [0.1, 0.15) is 4.99 Å². The molecule has 20 heavy (non-hydrogen) atoms. The maximum atomic E-state index is 12.6. The van der Waals surface area contributed by atoms with Gasteiger partial charge in [-0.2, -0.15) is 4.31 Å². The first-order chi connectivity index (χ1) is 9.34. The Kier molecular flexibility index (Phi) is 6.10. The average molecular weight is 314 g/mol. The van der Waals surface area contributed by atoms with Crippen molar-refractivity contribution in [1.29, 1.82) is 0 Å². The van der Waals surface area contributed by atoms with Gasteiger partial charge in [-0.3, -0.25) is 0 Å². The first-order valence-electron chi connectivity index (χ1n) is 6.75. The van der Waals surface area contributed by atoms with Gasteiger partial charge in [-0.25, -0.2) is 8.42 Å². The molecule has 0 saturated carbocycles. The van der Waals surface area contributed by atoms with E-state index in [0.29, 0.717) is 18.0 Å². The van der Waals surface area contributed by atoms with Gasteiger partial charge in [0, 0.05) is 18.7 Å². The summed E-state index contributed by atoms with van der Waals surface area (Å²) in [4.78, 5) is 0.581. The molecule has 2 N–H and O–H groups in total. The highest BCUT2D eigenvalue weighted by atomic mass is 32.2. The summed E-state index contributed by atoms with van der Waals surface area (Å²) in [6.07, 6.45) is 1.82. The standard InChI is InChI=1S/C14H22N2O2S2/c1-4-6-9-16(5-2)20(17,18)12-7-8-13(14(15)19)11(3)10-12/h7-8,10H,4-6,9H2,1-3H3,(H2,15,19). The Morgan fingerprint density at radius 3 is 2.45 bits per heavy atom. The highest BCUT2D eigenvalue weighted by Gasteiger charge is 2.23. The number of aryl methyl sites for hydroxylation is 1. The fourth-order valence-corrected chi connectivity index (χ4v) is 3.81. The predicted molar refractivity (Wildman–Crippen MR) is 86.4 cm³/mol. The Morgan fingerprint density at radius 2 is 2.00 bits per heavy atom. The van der Waals surface area contributed by atoms with E-state index in [1.807, 2.05) is 20.8 Å². The van der Waals surface area contributed by atoms with Crippen LogP contribution in [0.3, 0.4) is 0 Å². The molecular weight excluding hydrogens is 292 g/mol. The lowest BCUT2D eigenvalue weighted by Gasteiger charge is -2.20. The van der Waals surface area contributed by atoms with E-state index < -0.39 is 10.0 Å². The van der Waals surface area contributed by atoms with Gasteiger partial charge < -0.3 is 5.73 Å². The highest BCUT2D eigenvalue weighted by molar-refractivity contribution is 7.89. The maximum absolute atomic E-state index is 12.6. The molecule has 0 fully saturated rings. The number of hydrogen-bond acceptors (Lipinski definition) is 3. The van der Waals surface area contributed by atoms with Crippen LogP contribution in [0.4, 0.5) is 0 Å². The molecule has 0 amide bonds. The van der Waals surface area contributed by atoms with Crippen LogP contribution in [-0.2, 0) is 10.0 Å². The van der Waals surface area contributed by atoms with E-state index in [0.717, 1.165) is 24.0 Å². The lowest BCUT2D eigenvalue weighted by Crippen LogP contribution is -2.32. The second-order valence-corrected chi connectivity index (χ2v) is 7.07. The molecule has 0 aliphatic heterocycles. The van der Waals surface area contributed by atoms with Crippen LogP contribution in [0.15, 0.2) is 23.1 Å². The summed E-state index contributed by atoms with van der Waals surface area (Å²) < 4.78 is 26.6. The highest BCUT2D eigenvalue weighted by Crippen LogP contribution is 2.20. The second-order valence-electron chi connectivity index (χ2n) is 4.69. The lowest BCUT2D eigenvalue weighted by molar-refractivity contribution is 0.419. The fraction of sp³-hybridized carbons (Fsp3) is 0.500. The van der Waals surface area contributed by atoms with Crippen LogP contribution < -0.4 is 5.73 Å². The maximum Gasteiger partial charge on any atom is 0.243 e. The van der Waals surface area contributed by atoms with Crippen molar-refractivity contribution in [3.05, 3.63) is 29.3 Å². The van der Waals surface area contributed by atoms with E-state index in [9.17, 15) is 8.42 Å². The number of rotatable bonds is 7. The van der Waals surface area contributed by atoms with Gasteiger partial charge in [0.25, 0.3) is 0 Å². The van der Waals surface area contributed by atoms with Crippen molar-refractivity contribution in [3.63, 3.8) is 0 Å². The molecule has 0 aromatic heterocycles. The minimum Gasteiger partial charge on any atom is -0.389 e. The van der Waals surface area contributed by atoms with Gasteiger partial charge in [-0.05, 0) is 31.0 Å². The third-order valence-corrected chi connectivity index (χ3v) is 5.41. The Hall–Kier alpha value is -0.980. The third kappa shape index (κ3) is 3.77. The number of benzene rings is 1. The lowest BCUT2D eigenvalue weighted by atomic mass is 10.1. The summed E-state index contributed by atoms with van der Waals surface area (Å²) in [5, 5.41) is 0. The van der Waals surface area contributed by atoms with Crippen LogP contribution >= 0.6 is 12.2 Å². The molecule has 1 aromatic carbocycles. The van der Waals surface area contributed by atoms with Gasteiger partial charge in [-0.15, -0.1) is 0 Å². The summed E-state index contributed by atoms with van der Waals surface area (Å²) in [5.74, 6) is 0. The summed E-state index contributed by atoms with van der Waals surface area (Å²) >= 11 is 4.94. The van der Waals surface area contributed by atoms with E-state index in [2.05, 4.69) is 0 Å². The van der Waals surface area contributed by atoms with Gasteiger partial charge in [0.2, 0.25) is 10.0 Å². The van der Waals surface area contributed by atoms with Crippen molar-refractivity contribution in [2.45, 2.75) is 38.5 Å². The summed E-state index contributed by atoms with van der Waals surface area (Å²) in [5.41, 5.74) is 7.10. The van der Waals surface area contributed by atoms with E-state index >= 15 is 0 Å². The minimum atomic E-state index is -3.44. The van der Waals surface area contributed by atoms with Gasteiger partial charge >= 0.3 is 0 Å². The van der Waals surface area contributed by atoms with Gasteiger partial charge in [0.05, 0.1) is 4.90 Å². The number of nitrogens with two attached hydrogens (primary N) is 1. The first-order valence-corrected chi connectivity index (χ1v) is 8.60. The molecule has 0 aliphatic rings. The van der Waals surface area contributed by atoms with Gasteiger partial charge in [-0.1, -0.05) is 38.6 Å². The van der Waals surface area contributed by atoms with Crippen molar-refractivity contribution in [3.8, 4) is 0 Å². The zero-order chi connectivity index (χ0) is 15.3. The molecule has 0 radical (unpaired) electrons. The Bertz CT molecular complexity index is 583. The molecule has 1 rings (SSSR count). The van der Waals surface area contributed by atoms with E-state index in [-0.39, 0.29) is 4.99 Å². The molecule has 0 saturated heterocycles. The van der Waals surface area contributed by atoms with E-state index in [4.69, 9.17) is 18.0 Å². The molecule has 0 unspecified atom stereocenters. The zero-order valence-electron chi connectivity index (χ0n) is 12.2. The van der Waals surface area contributed by atoms with Crippen LogP contribution in [0.1, 0.15) is 37.8 Å². The Balaban J connectivity index is 3.15. The molecule has 4 nitrogen and oxygen atoms in total. The Labute approximate surface area is 127 Å². The van der Waals surface area contributed by atoms with Crippen LogP contribution in [0, 0.1) is 6.92 Å². The average Bonchev–Trinajstić information content (AvgIpc) is 2.38. The molecule has 112 valence electrons. The van der Waals surface area contributed by atoms with Crippen LogP contribution in [0.25, 0.3) is 0 Å². The van der Waals surface area contributed by atoms with Crippen molar-refractivity contribution in [2.75, 3.05) is 13.1 Å². The number of unbranched alkanes of at least 4 members (excludes halogenated alkanes) is 1. The SMILES string of the molecule is CCCCN(CC)S(=O)(=O)c1ccc(C(N)=S)c(C)c1. The van der Waals surface area contributed by atoms with Crippen molar-refractivity contribution < 1.29 is 8.42 Å². The van der Waals surface area contributed by atoms with E-state index in [1.165, 1.54) is 4.31 Å². The monoisotopic (exact) mass is 314 g/mol. The molecule has 6 heteroatoms. The summed E-state index contributed by atoms with van der Waals surface area (Å²) in [6.45, 7) is 6.73. The zero-order valence-corrected chi connectivity index (χ0v) is 13.9. The minimum absolute atomic E-state index is 0.282. The molecule has 0 atom stereocenters. The van der Waals surface area contributed by atoms with Crippen LogP contribution in [0.5, 0.6) is 0 Å². The molecule has 1 aromatic rings. The number of sulfonamides is 1. The molecule has 0 heterocycles. The summed E-state index contributed by atoms with van der Waals surface area (Å²) in [7, 11) is -3.44. The fourth-order valence-electron chi connectivity index (χ4n) is 2.00. The third-order valence-electron chi connectivity index (χ3n) is 3.21. The smallest absolute Gasteiger partial charge is 0.243 e. The normalized spacial score (nSPS) is 11.8. The largest absolute Gasteiger partial charge is 0.389 e. The summed E-state index contributed by atoms with van der Waals surface area (Å²) in [6, 6.07) is 4.89. The van der Waals surface area contributed by atoms with Crippen LogP contribution in [0.2, 0.25) is 0 Å². The number of nitrogens with zero attached hydrogens (tertiary/aromatic N) is 1. The quantitative estimate of drug-likeness (QED) is 0.785.